The lowest BCUT2D eigenvalue weighted by Gasteiger charge is -2.29. The third kappa shape index (κ3) is 6.18. The Labute approximate surface area is 215 Å². The van der Waals surface area contributed by atoms with Gasteiger partial charge in [0.1, 0.15) is 5.65 Å². The minimum Gasteiger partial charge on any atom is -0.426 e. The van der Waals surface area contributed by atoms with Crippen molar-refractivity contribution in [3.63, 3.8) is 0 Å². The molecule has 0 saturated carbocycles. The molecule has 4 N–H and O–H groups in total. The molecule has 194 valence electrons. The molecule has 1 aliphatic heterocycles. The van der Waals surface area contributed by atoms with Gasteiger partial charge in [0, 0.05) is 25.2 Å². The van der Waals surface area contributed by atoms with Gasteiger partial charge in [0.15, 0.2) is 0 Å². The maximum atomic E-state index is 13.5. The molecule has 1 aliphatic rings. The van der Waals surface area contributed by atoms with Crippen molar-refractivity contribution in [3.8, 4) is 0 Å². The summed E-state index contributed by atoms with van der Waals surface area (Å²) in [4.78, 5) is 36.6. The fourth-order valence-corrected chi connectivity index (χ4v) is 4.52. The lowest BCUT2D eigenvalue weighted by Crippen LogP contribution is -2.56. The number of amides is 2. The molecule has 4 rings (SSSR count). The van der Waals surface area contributed by atoms with Gasteiger partial charge < -0.3 is 29.9 Å². The van der Waals surface area contributed by atoms with Crippen LogP contribution in [0, 0.1) is 12.8 Å². The summed E-state index contributed by atoms with van der Waals surface area (Å²) in [6, 6.07) is 12.9. The monoisotopic (exact) mass is 505 g/mol. The molecule has 0 radical (unpaired) electrons. The summed E-state index contributed by atoms with van der Waals surface area (Å²) in [6.07, 6.45) is 4.41. The molecule has 3 heterocycles. The van der Waals surface area contributed by atoms with Gasteiger partial charge in [-0.3, -0.25) is 9.59 Å². The molecule has 2 amide bonds. The van der Waals surface area contributed by atoms with E-state index in [-0.39, 0.29) is 31.2 Å². The van der Waals surface area contributed by atoms with E-state index in [9.17, 15) is 19.6 Å². The number of aryl methyl sites for hydroxylation is 1. The summed E-state index contributed by atoms with van der Waals surface area (Å²) in [5, 5.41) is 29.4. The molecular weight excluding hydrogens is 473 g/mol. The zero-order valence-corrected chi connectivity index (χ0v) is 21.2. The minimum atomic E-state index is -1.71. The number of benzene rings is 1. The third-order valence-electron chi connectivity index (χ3n) is 6.29. The standard InChI is InChI=1S/C26H32BN5O5/c1-17(2)12-22(27(35)36)30-25(34)26(13-19-8-5-4-6-9-19)14-20(31-37-26)15-28-24(33)21-10-7-11-32-16-18(3)29-23(21)32/h4-11,16-17,22,35-36H,12-15H2,1-3H3,(H,28,33)(H,30,34)/t22-,26?/m0/s1. The highest BCUT2D eigenvalue weighted by atomic mass is 16.7. The molecule has 3 aromatic rings. The maximum Gasteiger partial charge on any atom is 0.475 e. The first-order chi connectivity index (χ1) is 17.7. The fourth-order valence-electron chi connectivity index (χ4n) is 4.52. The van der Waals surface area contributed by atoms with Gasteiger partial charge in [-0.1, -0.05) is 49.3 Å². The zero-order valence-electron chi connectivity index (χ0n) is 21.2. The van der Waals surface area contributed by atoms with Crippen LogP contribution in [0.2, 0.25) is 0 Å². The summed E-state index contributed by atoms with van der Waals surface area (Å²) in [7, 11) is -1.71. The van der Waals surface area contributed by atoms with E-state index in [1.54, 1.807) is 16.5 Å². The van der Waals surface area contributed by atoms with Crippen LogP contribution in [0.15, 0.2) is 60.0 Å². The van der Waals surface area contributed by atoms with Crippen LogP contribution in [0.4, 0.5) is 0 Å². The number of carbonyl (C=O) groups excluding carboxylic acids is 2. The van der Waals surface area contributed by atoms with Crippen molar-refractivity contribution < 1.29 is 24.5 Å². The average Bonchev–Trinajstić information content (AvgIpc) is 3.45. The van der Waals surface area contributed by atoms with Gasteiger partial charge in [-0.2, -0.15) is 0 Å². The van der Waals surface area contributed by atoms with Crippen molar-refractivity contribution in [3.05, 3.63) is 71.7 Å². The fraction of sp³-hybridized carbons (Fsp3) is 0.385. The summed E-state index contributed by atoms with van der Waals surface area (Å²) < 4.78 is 1.79. The second-order valence-electron chi connectivity index (χ2n) is 9.92. The summed E-state index contributed by atoms with van der Waals surface area (Å²) in [5.41, 5.74) is 1.76. The molecule has 0 spiro atoms. The van der Waals surface area contributed by atoms with E-state index in [1.165, 1.54) is 0 Å². The molecule has 10 nitrogen and oxygen atoms in total. The summed E-state index contributed by atoms with van der Waals surface area (Å²) in [6.45, 7) is 5.81. The number of pyridine rings is 1. The van der Waals surface area contributed by atoms with Crippen molar-refractivity contribution in [1.29, 1.82) is 0 Å². The van der Waals surface area contributed by atoms with E-state index in [1.807, 2.05) is 63.5 Å². The second-order valence-corrected chi connectivity index (χ2v) is 9.92. The van der Waals surface area contributed by atoms with E-state index >= 15 is 0 Å². The molecular formula is C26H32BN5O5. The lowest BCUT2D eigenvalue weighted by molar-refractivity contribution is -0.144. The Morgan fingerprint density at radius 3 is 2.65 bits per heavy atom. The van der Waals surface area contributed by atoms with Crippen molar-refractivity contribution in [1.82, 2.24) is 20.0 Å². The van der Waals surface area contributed by atoms with Crippen LogP contribution in [-0.4, -0.2) is 62.2 Å². The Kier molecular flexibility index (Phi) is 7.94. The first kappa shape index (κ1) is 26.4. The first-order valence-corrected chi connectivity index (χ1v) is 12.3. The van der Waals surface area contributed by atoms with Gasteiger partial charge >= 0.3 is 7.12 Å². The number of rotatable bonds is 10. The predicted octanol–water partition coefficient (Wildman–Crippen LogP) is 1.67. The molecule has 1 aromatic carbocycles. The third-order valence-corrected chi connectivity index (χ3v) is 6.29. The average molecular weight is 505 g/mol. The molecule has 37 heavy (non-hydrogen) atoms. The van der Waals surface area contributed by atoms with Gasteiger partial charge in [-0.25, -0.2) is 4.98 Å². The van der Waals surface area contributed by atoms with E-state index in [0.717, 1.165) is 11.3 Å². The molecule has 11 heteroatoms. The quantitative estimate of drug-likeness (QED) is 0.310. The zero-order chi connectivity index (χ0) is 26.6. The number of fused-ring (bicyclic) bond motifs is 1. The van der Waals surface area contributed by atoms with Crippen molar-refractivity contribution >= 4 is 30.3 Å². The number of imidazole rings is 1. The van der Waals surface area contributed by atoms with Gasteiger partial charge in [-0.15, -0.1) is 0 Å². The van der Waals surface area contributed by atoms with Gasteiger partial charge in [0.05, 0.1) is 29.5 Å². The number of hydrogen-bond donors (Lipinski definition) is 4. The molecule has 0 bridgehead atoms. The van der Waals surface area contributed by atoms with Crippen LogP contribution in [-0.2, 0) is 16.1 Å². The number of oxime groups is 1. The van der Waals surface area contributed by atoms with Crippen LogP contribution in [0.1, 0.15) is 48.3 Å². The smallest absolute Gasteiger partial charge is 0.426 e. The van der Waals surface area contributed by atoms with Gasteiger partial charge in [0.2, 0.25) is 5.60 Å². The number of nitrogens with one attached hydrogen (secondary N) is 2. The Bertz CT molecular complexity index is 1290. The van der Waals surface area contributed by atoms with E-state index in [4.69, 9.17) is 4.84 Å². The second kappa shape index (κ2) is 11.1. The number of carbonyl (C=O) groups is 2. The summed E-state index contributed by atoms with van der Waals surface area (Å²) in [5.74, 6) is -1.53. The largest absolute Gasteiger partial charge is 0.475 e. The van der Waals surface area contributed by atoms with E-state index in [2.05, 4.69) is 20.8 Å². The lowest BCUT2D eigenvalue weighted by atomic mass is 9.74. The molecule has 1 unspecified atom stereocenters. The minimum absolute atomic E-state index is 0.0848. The number of hydrogen-bond acceptors (Lipinski definition) is 7. The number of nitrogens with zero attached hydrogens (tertiary/aromatic N) is 3. The topological polar surface area (TPSA) is 138 Å². The van der Waals surface area contributed by atoms with Crippen molar-refractivity contribution in [2.45, 2.75) is 51.6 Å². The predicted molar refractivity (Wildman–Crippen MR) is 140 cm³/mol. The van der Waals surface area contributed by atoms with E-state index in [0.29, 0.717) is 23.3 Å². The number of aromatic nitrogens is 2. The Hall–Kier alpha value is -3.70. The van der Waals surface area contributed by atoms with Crippen molar-refractivity contribution in [2.75, 3.05) is 6.54 Å². The highest BCUT2D eigenvalue weighted by Gasteiger charge is 2.48. The maximum absolute atomic E-state index is 13.5. The van der Waals surface area contributed by atoms with Crippen LogP contribution < -0.4 is 10.6 Å². The van der Waals surface area contributed by atoms with E-state index < -0.39 is 24.6 Å². The molecule has 0 saturated heterocycles. The first-order valence-electron chi connectivity index (χ1n) is 12.3. The SMILES string of the molecule is Cc1cn2cccc(C(=O)NCC3=NOC(Cc4ccccc4)(C(=O)N[C@@H](CC(C)C)B(O)O)C3)c2n1. The van der Waals surface area contributed by atoms with Gasteiger partial charge in [0.25, 0.3) is 11.8 Å². The Morgan fingerprint density at radius 1 is 1.19 bits per heavy atom. The highest BCUT2D eigenvalue weighted by Crippen LogP contribution is 2.29. The molecule has 0 fully saturated rings. The van der Waals surface area contributed by atoms with Gasteiger partial charge in [-0.05, 0) is 37.0 Å². The normalized spacial score (nSPS) is 17.8. The Balaban J connectivity index is 1.48. The van der Waals surface area contributed by atoms with Crippen molar-refractivity contribution in [2.24, 2.45) is 11.1 Å². The molecule has 0 aliphatic carbocycles. The van der Waals surface area contributed by atoms with Crippen LogP contribution in [0.3, 0.4) is 0 Å². The molecule has 2 atom stereocenters. The highest BCUT2D eigenvalue weighted by molar-refractivity contribution is 6.43. The van der Waals surface area contributed by atoms with Crippen LogP contribution >= 0.6 is 0 Å². The Morgan fingerprint density at radius 2 is 1.95 bits per heavy atom. The van der Waals surface area contributed by atoms with Crippen LogP contribution in [0.25, 0.3) is 5.65 Å². The molecule has 2 aromatic heterocycles. The van der Waals surface area contributed by atoms with Crippen LogP contribution in [0.5, 0.6) is 0 Å². The summed E-state index contributed by atoms with van der Waals surface area (Å²) >= 11 is 0.